The van der Waals surface area contributed by atoms with Gasteiger partial charge in [0.25, 0.3) is 21.6 Å². The summed E-state index contributed by atoms with van der Waals surface area (Å²) in [6.07, 6.45) is 9.11. The number of rotatable bonds is 11. The summed E-state index contributed by atoms with van der Waals surface area (Å²) in [6.45, 7) is 9.03. The maximum Gasteiger partial charge on any atom is 0.293 e. The van der Waals surface area contributed by atoms with Crippen molar-refractivity contribution in [2.24, 2.45) is 11.3 Å². The second-order valence-electron chi connectivity index (χ2n) is 21.3. The molecule has 1 amide bonds. The molecule has 0 unspecified atom stereocenters. The fourth-order valence-electron chi connectivity index (χ4n) is 12.4. The molecule has 3 atom stereocenters. The number of hydrogen-bond donors (Lipinski definition) is 4. The second-order valence-corrected chi connectivity index (χ2v) is 23.0. The van der Waals surface area contributed by atoms with Crippen LogP contribution in [0.15, 0.2) is 77.8 Å². The Morgan fingerprint density at radius 1 is 0.972 bits per heavy atom. The highest BCUT2D eigenvalue weighted by Crippen LogP contribution is 2.54. The molecule has 5 aromatic rings. The average Bonchev–Trinajstić information content (AvgIpc) is 3.54. The molecule has 4 N–H and O–H groups in total. The predicted molar refractivity (Wildman–Crippen MR) is 270 cm³/mol. The Balaban J connectivity index is 0.877. The Labute approximate surface area is 418 Å². The van der Waals surface area contributed by atoms with E-state index in [1.165, 1.54) is 29.5 Å². The normalized spacial score (nSPS) is 25.7. The summed E-state index contributed by atoms with van der Waals surface area (Å²) in [5.74, 6) is -1.08. The number of H-pyrrole nitrogens is 1. The summed E-state index contributed by atoms with van der Waals surface area (Å²) in [6, 6.07) is 19.5. The number of piperidine rings is 1. The molecule has 1 spiro atoms. The molecule has 2 aliphatic carbocycles. The van der Waals surface area contributed by atoms with Crippen LogP contribution in [0.25, 0.3) is 11.0 Å². The molecule has 0 radical (unpaired) electrons. The number of benzene rings is 3. The lowest BCUT2D eigenvalue weighted by Crippen LogP contribution is -2.56. The quantitative estimate of drug-likeness (QED) is 0.0726. The first-order chi connectivity index (χ1) is 34.6. The minimum absolute atomic E-state index is 0.0225. The molecule has 3 saturated heterocycles. The van der Waals surface area contributed by atoms with Crippen LogP contribution in [0.3, 0.4) is 0 Å². The van der Waals surface area contributed by atoms with E-state index in [1.54, 1.807) is 19.1 Å². The van der Waals surface area contributed by atoms with E-state index in [2.05, 4.69) is 61.0 Å². The highest BCUT2D eigenvalue weighted by Gasteiger charge is 2.50. The van der Waals surface area contributed by atoms with Crippen LogP contribution in [0, 0.1) is 34.2 Å². The highest BCUT2D eigenvalue weighted by atomic mass is 32.2. The SMILES string of the molecule is Cc1ccccc1[C@@H]1COCCCN1C1CC2(CCN(c3ccc(C(=O)NS(=O)(=O)c4ccc(NCC5CCC(C)(O)CC5)c([N+](=O)[O-])c4)c(N4c5cc6c(F)c[nH]c6nc5O[C@H]5COCC[C@@H]54)c3)CC2)C1. The van der Waals surface area contributed by atoms with Gasteiger partial charge in [0.2, 0.25) is 5.88 Å². The maximum absolute atomic E-state index is 15.3. The van der Waals surface area contributed by atoms with Gasteiger partial charge in [-0.05, 0) is 137 Å². The molecule has 6 heterocycles. The van der Waals surface area contributed by atoms with E-state index >= 15 is 4.39 Å². The van der Waals surface area contributed by atoms with Gasteiger partial charge in [0.05, 0.1) is 57.4 Å². The first-order valence-corrected chi connectivity index (χ1v) is 26.9. The Bertz CT molecular complexity index is 2980. The molecule has 11 rings (SSSR count). The average molecular weight is 1010 g/mol. The minimum Gasteiger partial charge on any atom is -0.468 e. The Morgan fingerprint density at radius 3 is 2.53 bits per heavy atom. The molecular weight excluding hydrogens is 944 g/mol. The molecule has 4 aliphatic heterocycles. The predicted octanol–water partition coefficient (Wildman–Crippen LogP) is 8.29. The number of carbonyl (C=O) groups excluding carboxylic acids is 1. The molecular formula is C53H63FN8O9S. The third kappa shape index (κ3) is 9.38. The number of ether oxygens (including phenoxy) is 3. The second kappa shape index (κ2) is 19.2. The number of fused-ring (bicyclic) bond motifs is 3. The Morgan fingerprint density at radius 2 is 1.75 bits per heavy atom. The van der Waals surface area contributed by atoms with Crippen molar-refractivity contribution in [2.75, 3.05) is 67.7 Å². The summed E-state index contributed by atoms with van der Waals surface area (Å²) >= 11 is 0. The Hall–Kier alpha value is -5.86. The van der Waals surface area contributed by atoms with Crippen molar-refractivity contribution >= 4 is 55.4 Å². The number of aromatic nitrogens is 2. The number of aliphatic hydroxyl groups is 1. The van der Waals surface area contributed by atoms with Gasteiger partial charge >= 0.3 is 0 Å². The number of nitro groups is 1. The number of aryl methyl sites for hydroxylation is 1. The lowest BCUT2D eigenvalue weighted by molar-refractivity contribution is -0.384. The molecule has 72 heavy (non-hydrogen) atoms. The third-order valence-electron chi connectivity index (χ3n) is 16.6. The van der Waals surface area contributed by atoms with Crippen LogP contribution in [0.1, 0.15) is 98.7 Å². The van der Waals surface area contributed by atoms with E-state index in [-0.39, 0.29) is 52.1 Å². The van der Waals surface area contributed by atoms with E-state index in [0.29, 0.717) is 56.4 Å². The van der Waals surface area contributed by atoms with Crippen molar-refractivity contribution in [2.45, 2.75) is 113 Å². The molecule has 0 bridgehead atoms. The van der Waals surface area contributed by atoms with Crippen LogP contribution in [-0.2, 0) is 19.5 Å². The van der Waals surface area contributed by atoms with Gasteiger partial charge in [-0.3, -0.25) is 19.8 Å². The summed E-state index contributed by atoms with van der Waals surface area (Å²) in [4.78, 5) is 40.4. The van der Waals surface area contributed by atoms with Crippen molar-refractivity contribution in [1.29, 1.82) is 0 Å². The van der Waals surface area contributed by atoms with Gasteiger partial charge in [-0.2, -0.15) is 4.98 Å². The largest absolute Gasteiger partial charge is 0.468 e. The van der Waals surface area contributed by atoms with Crippen molar-refractivity contribution in [3.63, 3.8) is 0 Å². The van der Waals surface area contributed by atoms with Gasteiger partial charge in [-0.1, -0.05) is 24.3 Å². The zero-order chi connectivity index (χ0) is 49.9. The van der Waals surface area contributed by atoms with Crippen molar-refractivity contribution in [3.05, 3.63) is 106 Å². The maximum atomic E-state index is 15.3. The summed E-state index contributed by atoms with van der Waals surface area (Å²) in [5.41, 5.74) is 3.74. The van der Waals surface area contributed by atoms with Crippen LogP contribution in [0.4, 0.5) is 32.8 Å². The summed E-state index contributed by atoms with van der Waals surface area (Å²) in [5, 5.41) is 26.1. The zero-order valence-electron chi connectivity index (χ0n) is 40.8. The number of sulfonamides is 1. The number of halogens is 1. The zero-order valence-corrected chi connectivity index (χ0v) is 41.6. The smallest absolute Gasteiger partial charge is 0.293 e. The third-order valence-corrected chi connectivity index (χ3v) is 17.9. The van der Waals surface area contributed by atoms with Gasteiger partial charge in [-0.15, -0.1) is 0 Å². The van der Waals surface area contributed by atoms with E-state index in [0.717, 1.165) is 82.9 Å². The molecule has 5 fully saturated rings. The van der Waals surface area contributed by atoms with Gasteiger partial charge in [-0.25, -0.2) is 17.5 Å². The number of carbonyl (C=O) groups is 1. The van der Waals surface area contributed by atoms with Gasteiger partial charge in [0.1, 0.15) is 28.9 Å². The monoisotopic (exact) mass is 1010 g/mol. The number of pyridine rings is 1. The standard InChI is InChI=1S/C53H63FN8O9S/c1-33-6-3-4-7-38(33)47-31-69-22-5-19-60(47)36-27-53(28-36)17-20-59(21-18-53)35-8-10-39(44(24-35)61-43-14-23-70-32-48(43)71-51-46(61)26-40-41(54)30-56-49(40)57-51)50(63)58-72(67,68)37-9-11-42(45(25-37)62(65)66)55-29-34-12-15-52(2,64)16-13-34/h3-4,6-11,24-26,30,34,36,43,47-48,55,64H,5,12-23,27-29,31-32H2,1-2H3,(H,56,57)(H,58,63)/t34?,43-,47-,48-,52?/m0/s1. The molecule has 17 nitrogen and oxygen atoms in total. The molecule has 382 valence electrons. The van der Waals surface area contributed by atoms with Gasteiger partial charge in [0, 0.05) is 63.4 Å². The van der Waals surface area contributed by atoms with Crippen LogP contribution >= 0.6 is 0 Å². The lowest BCUT2D eigenvalue weighted by Gasteiger charge is -2.56. The van der Waals surface area contributed by atoms with Crippen molar-refractivity contribution < 1.29 is 41.8 Å². The van der Waals surface area contributed by atoms with Crippen LogP contribution < -0.4 is 24.6 Å². The number of hydrogen-bond acceptors (Lipinski definition) is 14. The van der Waals surface area contributed by atoms with Crippen LogP contribution in [-0.4, -0.2) is 116 Å². The Kier molecular flexibility index (Phi) is 12.9. The number of aromatic amines is 1. The van der Waals surface area contributed by atoms with Gasteiger partial charge < -0.3 is 39.4 Å². The fourth-order valence-corrected chi connectivity index (χ4v) is 13.3. The number of nitro benzene ring substituents is 1. The van der Waals surface area contributed by atoms with E-state index in [4.69, 9.17) is 14.2 Å². The van der Waals surface area contributed by atoms with E-state index in [1.807, 2.05) is 17.0 Å². The number of anilines is 4. The van der Waals surface area contributed by atoms with E-state index < -0.39 is 55.0 Å². The number of nitrogens with zero attached hydrogens (tertiary/aromatic N) is 5. The lowest BCUT2D eigenvalue weighted by atomic mass is 9.59. The van der Waals surface area contributed by atoms with Crippen molar-refractivity contribution in [1.82, 2.24) is 19.6 Å². The topological polar surface area (TPSA) is 205 Å². The van der Waals surface area contributed by atoms with E-state index in [9.17, 15) is 28.4 Å². The van der Waals surface area contributed by atoms with Crippen LogP contribution in [0.5, 0.6) is 5.88 Å². The molecule has 2 saturated carbocycles. The first kappa shape index (κ1) is 48.4. The summed E-state index contributed by atoms with van der Waals surface area (Å²) in [7, 11) is -4.67. The molecule has 2 aromatic heterocycles. The number of nitrogens with one attached hydrogen (secondary N) is 3. The molecule has 19 heteroatoms. The van der Waals surface area contributed by atoms with Crippen LogP contribution in [0.2, 0.25) is 0 Å². The fraction of sp³-hybridized carbons (Fsp3) is 0.509. The summed E-state index contributed by atoms with van der Waals surface area (Å²) < 4.78 is 64.3. The minimum atomic E-state index is -4.67. The highest BCUT2D eigenvalue weighted by molar-refractivity contribution is 7.90. The number of amides is 1. The molecule has 6 aliphatic rings. The first-order valence-electron chi connectivity index (χ1n) is 25.5. The van der Waals surface area contributed by atoms with Crippen molar-refractivity contribution in [3.8, 4) is 5.88 Å². The molecule has 3 aromatic carbocycles. The van der Waals surface area contributed by atoms with Gasteiger partial charge in [0.15, 0.2) is 0 Å².